The van der Waals surface area contributed by atoms with Crippen LogP contribution in [0.25, 0.3) is 0 Å². The normalized spacial score (nSPS) is 9.82. The zero-order chi connectivity index (χ0) is 8.78. The maximum Gasteiger partial charge on any atom is 0.00449 e. The van der Waals surface area contributed by atoms with Crippen molar-refractivity contribution < 1.29 is 0 Å². The van der Waals surface area contributed by atoms with Crippen molar-refractivity contribution in [3.63, 3.8) is 0 Å². The highest BCUT2D eigenvalue weighted by atomic mass is 32.1. The predicted molar refractivity (Wildman–Crippen MR) is 67.8 cm³/mol. The molecule has 0 aliphatic rings. The molecule has 0 unspecified atom stereocenters. The van der Waals surface area contributed by atoms with Crippen LogP contribution in [0.4, 0.5) is 0 Å². The van der Waals surface area contributed by atoms with Gasteiger partial charge in [-0.1, -0.05) is 34.6 Å². The van der Waals surface area contributed by atoms with Gasteiger partial charge >= 0.3 is 0 Å². The van der Waals surface area contributed by atoms with Gasteiger partial charge in [-0.05, 0) is 11.7 Å². The van der Waals surface area contributed by atoms with Crippen molar-refractivity contribution in [3.8, 4) is 0 Å². The molecule has 0 aromatic carbocycles. The summed E-state index contributed by atoms with van der Waals surface area (Å²) in [5.41, 5.74) is 0. The van der Waals surface area contributed by atoms with Gasteiger partial charge in [0.05, 0.1) is 0 Å². The Morgan fingerprint density at radius 1 is 1.18 bits per heavy atom. The average Bonchev–Trinajstić information content (AvgIpc) is 1.61. The number of thiol groups is 2. The van der Waals surface area contributed by atoms with E-state index in [9.17, 15) is 0 Å². The van der Waals surface area contributed by atoms with E-state index in [1.807, 2.05) is 0 Å². The molecule has 72 valence electrons. The Morgan fingerprint density at radius 2 is 1.27 bits per heavy atom. The third kappa shape index (κ3) is 97.3. The molecule has 0 aromatic heterocycles. The predicted octanol–water partition coefficient (Wildman–Crippen LogP) is 3.40. The van der Waals surface area contributed by atoms with E-state index in [-0.39, 0.29) is 18.2 Å². The maximum absolute atomic E-state index is 4.12. The first-order valence-corrected chi connectivity index (χ1v) is 4.68. The van der Waals surface area contributed by atoms with Crippen LogP contribution in [0.1, 0.15) is 34.6 Å². The Morgan fingerprint density at radius 3 is 1.27 bits per heavy atom. The maximum atomic E-state index is 4.12. The molecule has 0 aliphatic heterocycles. The van der Waals surface area contributed by atoms with Gasteiger partial charge in [0.25, 0.3) is 0 Å². The van der Waals surface area contributed by atoms with E-state index in [0.717, 1.165) is 11.7 Å². The Labute approximate surface area is 89.8 Å². The highest BCUT2D eigenvalue weighted by Gasteiger charge is 1.96. The van der Waals surface area contributed by atoms with Crippen LogP contribution in [0.3, 0.4) is 0 Å². The summed E-state index contributed by atoms with van der Waals surface area (Å²) in [4.78, 5) is 0. The van der Waals surface area contributed by atoms with Gasteiger partial charge in [-0.25, -0.2) is 0 Å². The zero-order valence-electron chi connectivity index (χ0n) is 8.18. The van der Waals surface area contributed by atoms with Gasteiger partial charge in [-0.15, -0.1) is 0 Å². The van der Waals surface area contributed by atoms with Gasteiger partial charge in [-0.3, -0.25) is 0 Å². The van der Waals surface area contributed by atoms with Gasteiger partial charge in [0.2, 0.25) is 0 Å². The molecular weight excluding hydrogens is 192 g/mol. The molecule has 0 bridgehead atoms. The van der Waals surface area contributed by atoms with Crippen LogP contribution < -0.4 is 0 Å². The second-order valence-electron chi connectivity index (χ2n) is 3.75. The van der Waals surface area contributed by atoms with Crippen LogP contribution in [0.15, 0.2) is 0 Å². The van der Waals surface area contributed by atoms with E-state index in [4.69, 9.17) is 0 Å². The van der Waals surface area contributed by atoms with Crippen molar-refractivity contribution in [2.24, 2.45) is 5.92 Å². The monoisotopic (exact) mass is 214 g/mol. The minimum atomic E-state index is 0. The molecule has 0 amide bonds. The van der Waals surface area contributed by atoms with Gasteiger partial charge in [0.1, 0.15) is 0 Å². The lowest BCUT2D eigenvalue weighted by atomic mass is 10.3. The summed E-state index contributed by atoms with van der Waals surface area (Å²) in [5.74, 6) is 1.75. The summed E-state index contributed by atoms with van der Waals surface area (Å²) >= 11 is 8.14. The molecule has 0 fully saturated rings. The standard InChI is InChI=1S/2C4H10S.H2S/c1-4(2,3)5;1-4(2)3-5;/h5H,1-3H3;4-5H,3H2,1-2H3;1H2. The lowest BCUT2D eigenvalue weighted by molar-refractivity contribution is 0.753. The van der Waals surface area contributed by atoms with Crippen molar-refractivity contribution in [1.82, 2.24) is 0 Å². The van der Waals surface area contributed by atoms with Crippen LogP contribution in [-0.4, -0.2) is 10.5 Å². The number of hydrogen-bond donors (Lipinski definition) is 2. The molecule has 0 saturated carbocycles. The first-order valence-electron chi connectivity index (χ1n) is 3.60. The minimum absolute atomic E-state index is 0. The van der Waals surface area contributed by atoms with Gasteiger partial charge in [-0.2, -0.15) is 38.8 Å². The molecule has 0 aromatic rings. The Balaban J connectivity index is -0.000000107. The number of hydrogen-bond acceptors (Lipinski definition) is 2. The first-order chi connectivity index (χ1) is 4.27. The fraction of sp³-hybridized carbons (Fsp3) is 1.00. The van der Waals surface area contributed by atoms with Gasteiger partial charge in [0, 0.05) is 4.75 Å². The topological polar surface area (TPSA) is 0 Å². The summed E-state index contributed by atoms with van der Waals surface area (Å²) in [6.07, 6.45) is 0. The van der Waals surface area contributed by atoms with Crippen molar-refractivity contribution in [2.75, 3.05) is 5.75 Å². The van der Waals surface area contributed by atoms with Crippen molar-refractivity contribution in [3.05, 3.63) is 0 Å². The lowest BCUT2D eigenvalue weighted by Crippen LogP contribution is -1.99. The molecule has 0 radical (unpaired) electrons. The summed E-state index contributed by atoms with van der Waals surface area (Å²) in [6.45, 7) is 10.4. The fourth-order valence-electron chi connectivity index (χ4n) is 0. The van der Waals surface area contributed by atoms with E-state index in [0.29, 0.717) is 0 Å². The first kappa shape index (κ1) is 18.0. The third-order valence-corrected chi connectivity index (χ3v) is 1.10. The van der Waals surface area contributed by atoms with E-state index >= 15 is 0 Å². The van der Waals surface area contributed by atoms with Gasteiger partial charge < -0.3 is 0 Å². The summed E-state index contributed by atoms with van der Waals surface area (Å²) < 4.78 is 0.194. The van der Waals surface area contributed by atoms with Crippen LogP contribution in [0, 0.1) is 5.92 Å². The lowest BCUT2D eigenvalue weighted by Gasteiger charge is -2.04. The van der Waals surface area contributed by atoms with Crippen LogP contribution in [0.2, 0.25) is 0 Å². The summed E-state index contributed by atoms with van der Waals surface area (Å²) in [7, 11) is 0. The molecule has 0 atom stereocenters. The SMILES string of the molecule is CC(C)(C)S.CC(C)CS.S. The number of rotatable bonds is 1. The smallest absolute Gasteiger partial charge is 0.00449 e. The molecule has 0 saturated heterocycles. The highest BCUT2D eigenvalue weighted by Crippen LogP contribution is 2.07. The molecule has 0 rings (SSSR count). The molecule has 0 heterocycles. The largest absolute Gasteiger partial charge is 0.197 e. The van der Waals surface area contributed by atoms with E-state index < -0.39 is 0 Å². The Hall–Kier alpha value is 1.05. The van der Waals surface area contributed by atoms with E-state index in [1.165, 1.54) is 0 Å². The average molecular weight is 214 g/mol. The van der Waals surface area contributed by atoms with Gasteiger partial charge in [0.15, 0.2) is 0 Å². The molecule has 3 heteroatoms. The second-order valence-corrected chi connectivity index (χ2v) is 5.45. The molecular formula is C8H22S3. The van der Waals surface area contributed by atoms with Crippen molar-refractivity contribution >= 4 is 38.8 Å². The Kier molecular flexibility index (Phi) is 14.9. The molecule has 0 spiro atoms. The second kappa shape index (κ2) is 9.14. The third-order valence-electron chi connectivity index (χ3n) is 0.365. The summed E-state index contributed by atoms with van der Waals surface area (Å²) in [6, 6.07) is 0. The Bertz CT molecular complexity index is 58.2. The van der Waals surface area contributed by atoms with E-state index in [2.05, 4.69) is 59.9 Å². The van der Waals surface area contributed by atoms with Crippen molar-refractivity contribution in [2.45, 2.75) is 39.4 Å². The quantitative estimate of drug-likeness (QED) is 0.614. The highest BCUT2D eigenvalue weighted by molar-refractivity contribution is 7.81. The van der Waals surface area contributed by atoms with Crippen LogP contribution in [0.5, 0.6) is 0 Å². The molecule has 0 aliphatic carbocycles. The molecule has 0 nitrogen and oxygen atoms in total. The van der Waals surface area contributed by atoms with Crippen LogP contribution in [-0.2, 0) is 0 Å². The van der Waals surface area contributed by atoms with Crippen molar-refractivity contribution in [1.29, 1.82) is 0 Å². The fourth-order valence-corrected chi connectivity index (χ4v) is 0. The summed E-state index contributed by atoms with van der Waals surface area (Å²) in [5, 5.41) is 0. The molecule has 11 heavy (non-hydrogen) atoms. The molecule has 0 N–H and O–H groups in total. The minimum Gasteiger partial charge on any atom is -0.197 e. The van der Waals surface area contributed by atoms with E-state index in [1.54, 1.807) is 0 Å². The van der Waals surface area contributed by atoms with Crippen LogP contribution >= 0.6 is 38.8 Å². The zero-order valence-corrected chi connectivity index (χ0v) is 11.0.